The summed E-state index contributed by atoms with van der Waals surface area (Å²) in [7, 11) is 0. The Kier molecular flexibility index (Phi) is 40.6. The molecule has 145 heavy (non-hydrogen) atoms. The third kappa shape index (κ3) is 25.9. The predicted octanol–water partition coefficient (Wildman–Crippen LogP) is -23.7. The molecule has 11 aliphatic heterocycles. The minimum Gasteiger partial charge on any atom is -0.479 e. The van der Waals surface area contributed by atoms with Gasteiger partial charge in [0.2, 0.25) is 35.4 Å². The zero-order valence-corrected chi connectivity index (χ0v) is 76.5. The summed E-state index contributed by atoms with van der Waals surface area (Å²) in [5.74, 6) is -16.8. The average Bonchev–Trinajstić information content (AvgIpc) is 0.759. The van der Waals surface area contributed by atoms with Gasteiger partial charge in [0.15, 0.2) is 99.7 Å². The molecule has 11 fully saturated rings. The van der Waals surface area contributed by atoms with E-state index in [2.05, 4.69) is 31.9 Å². The van der Waals surface area contributed by atoms with Crippen LogP contribution in [0, 0.1) is 0 Å². The highest BCUT2D eigenvalue weighted by atomic mass is 16.8. The number of hydrogen-bond acceptors (Lipinski definition) is 56. The van der Waals surface area contributed by atoms with Gasteiger partial charge in [-0.25, -0.2) is 24.0 Å². The molecule has 11 aliphatic rings. The maximum atomic E-state index is 13.5. The normalized spacial score (nSPS) is 46.6. The highest BCUT2D eigenvalue weighted by Crippen LogP contribution is 2.43. The lowest BCUT2D eigenvalue weighted by Crippen LogP contribution is -2.72. The Morgan fingerprint density at radius 3 is 0.531 bits per heavy atom. The Morgan fingerprint density at radius 2 is 0.345 bits per heavy atom. The molecule has 35 N–H and O–H groups in total. The van der Waals surface area contributed by atoms with E-state index in [-0.39, 0.29) is 0 Å². The fraction of sp³-hybridized carbons (Fsp3) is 0.859. The number of nitrogens with one attached hydrogen (secondary N) is 6. The van der Waals surface area contributed by atoms with Gasteiger partial charge in [0.05, 0.1) is 39.6 Å². The summed E-state index contributed by atoms with van der Waals surface area (Å²) in [6, 6.07) is -12.3. The van der Waals surface area contributed by atoms with Gasteiger partial charge in [-0.3, -0.25) is 28.8 Å². The van der Waals surface area contributed by atoms with Crippen molar-refractivity contribution in [2.45, 2.75) is 379 Å². The number of carbonyl (C=O) groups excluding carboxylic acids is 6. The topological polar surface area (TPSA) is 1040 Å². The van der Waals surface area contributed by atoms with Crippen molar-refractivity contribution in [2.75, 3.05) is 39.6 Å². The van der Waals surface area contributed by atoms with Gasteiger partial charge < -0.3 is 279 Å². The third-order valence-electron chi connectivity index (χ3n) is 25.2. The monoisotopic (exact) mass is 2120 g/mol. The molecule has 11 rings (SSSR count). The molecular weight excluding hydrogens is 2000 g/mol. The third-order valence-corrected chi connectivity index (χ3v) is 25.2. The Balaban J connectivity index is 0.784. The fourth-order valence-electron chi connectivity index (χ4n) is 18.2. The first-order chi connectivity index (χ1) is 68.2. The fourth-order valence-corrected chi connectivity index (χ4v) is 18.2. The largest absolute Gasteiger partial charge is 0.479 e. The van der Waals surface area contributed by atoms with Gasteiger partial charge >= 0.3 is 29.8 Å². The van der Waals surface area contributed by atoms with Crippen molar-refractivity contribution in [1.82, 2.24) is 31.9 Å². The van der Waals surface area contributed by atoms with Crippen LogP contribution in [0.2, 0.25) is 0 Å². The maximum Gasteiger partial charge on any atom is 0.335 e. The molecule has 67 nitrogen and oxygen atoms in total. The zero-order chi connectivity index (χ0) is 107. The zero-order valence-electron chi connectivity index (χ0n) is 76.5. The van der Waals surface area contributed by atoms with Crippen LogP contribution in [0.4, 0.5) is 0 Å². The lowest BCUT2D eigenvalue weighted by atomic mass is 9.93. The lowest BCUT2D eigenvalue weighted by Gasteiger charge is -2.51. The van der Waals surface area contributed by atoms with Crippen LogP contribution < -0.4 is 31.9 Å². The van der Waals surface area contributed by atoms with Gasteiger partial charge in [0.1, 0.15) is 238 Å². The molecule has 0 radical (unpaired) electrons. The number of carboxylic acids is 5. The molecule has 0 aromatic carbocycles. The summed E-state index contributed by atoms with van der Waals surface area (Å²) >= 11 is 0. The van der Waals surface area contributed by atoms with E-state index in [4.69, 9.17) is 99.5 Å². The first-order valence-electron chi connectivity index (χ1n) is 44.6. The summed E-state index contributed by atoms with van der Waals surface area (Å²) in [4.78, 5) is 143. The number of aliphatic hydroxyl groups is 24. The van der Waals surface area contributed by atoms with E-state index in [1.54, 1.807) is 0 Å². The van der Waals surface area contributed by atoms with E-state index in [1.165, 1.54) is 0 Å². The number of aliphatic hydroxyl groups excluding tert-OH is 24. The number of ether oxygens (including phenoxy) is 21. The molecule has 0 aliphatic carbocycles. The standard InChI is InChI=1S/C78H120N6O61/c1-13(91)79-25-37(103)31(97)19(7-85)126-69(25)136-53-38(104)44(110)75(142-58(53)63(114)115)132-49-27(81-15(3)93)71(128-21(9-87)33(49)99)138-55-40(106)46(112)77(144-60(55)65(118)119)134-51-29(83-17(5)95)73(130-23(11-89)35(51)101)140-57-42(108)47(113)78(145-62(57)67(122)123)135-52-30(84-18(6)96)72(129-24(12-90)36(52)102)139-56-41(107)45(111)76(143-61(56)66(120)121)133-50-28(82-16(4)94)70(127-22(10-88)34(50)100)137-54-39(105)43(109)74(141-59(54)64(116)117)131-48-26(80-14(2)92)68(124)125-20(8-86)32(48)98/h19-62,68-78,85-90,97-113,124H,7-12H2,1-6H3,(H,79,91)(H,80,92)(H,81,93)(H,82,94)(H,83,95)(H,84,96)(H,114,115)(H,116,117)(H,118,119)(H,120,121)(H,122,123)/t19-,20-,21-,22-,23-,24-,25-,26-,27-,28-,29-,30-,31-,32-,33-,34-,35-,36-,37-,38-,39-,40+,41-,42-,43-,44-,45-,46-,47-,48-,49-,50-,51-,52-,53+,54+,55+,56+,57+,58+,59+,60+,61+,62+,68-,69+,70+,71+,72+,73+,74-,75-,76-,77-,78-/m1/s1. The van der Waals surface area contributed by atoms with Crippen LogP contribution in [0.15, 0.2) is 0 Å². The molecule has 0 aromatic heterocycles. The summed E-state index contributed by atoms with van der Waals surface area (Å²) < 4.78 is 120. The van der Waals surface area contributed by atoms with Crippen LogP contribution in [-0.2, 0) is 152 Å². The number of amides is 6. The molecule has 67 heteroatoms. The van der Waals surface area contributed by atoms with Gasteiger partial charge in [-0.1, -0.05) is 0 Å². The average molecular weight is 2120 g/mol. The molecule has 0 spiro atoms. The molecule has 11 heterocycles. The van der Waals surface area contributed by atoms with Crippen molar-refractivity contribution < 1.29 is 300 Å². The SMILES string of the molecule is CC(=O)N[C@@H]1[C@@H](O[C@@H]2O[C@H](C(=O)O)[C@@H](O[C@@H]3O[C@H](CO)[C@@H](O)[C@H](O[C@@H]4O[C@H](C(=O)O)[C@@H](O[C@@H]5O[C@H](CO)[C@@H](O)[C@H](O[C@@H]6O[C@H](C(=O)O)[C@@H](O[C@@H]7O[C@H](CO)[C@@H](O)[C@H](O[C@@H]8O[C@H](C(=O)O)[C@@H](O[C@@H]9O[C@H](CO)[C@@H](O)[C@H](O[C@@H]%10O[C@H](C(=O)O)[C@@H](O[C@@H]%11O[C@H](CO)[C@@H](O)[C@H](O)[C@H]%11NC(C)=O)[C@H](O)[C@H]%10O)[C@H]9NC(C)=O)[C@@H](O)[C@H]8O)[C@H]7NC(C)=O)[C@H](O)[C@H]6O)[C@H]5NC(C)=O)[C@H](O)[C@H]4O)[C@H]3NC(C)=O)[C@H](O)[C@H]2O)[C@H](O)[C@@H](CO)O[C@H]1O. The van der Waals surface area contributed by atoms with E-state index in [9.17, 15) is 201 Å². The number of carbonyl (C=O) groups is 11. The second kappa shape index (κ2) is 50.1. The van der Waals surface area contributed by atoms with Crippen molar-refractivity contribution in [1.29, 1.82) is 0 Å². The van der Waals surface area contributed by atoms with Crippen LogP contribution in [-0.4, -0.2) is 590 Å². The summed E-state index contributed by atoms with van der Waals surface area (Å²) in [6.07, 6.45) is -117. The first kappa shape index (κ1) is 118. The van der Waals surface area contributed by atoms with Crippen molar-refractivity contribution in [2.24, 2.45) is 0 Å². The Morgan fingerprint density at radius 1 is 0.186 bits per heavy atom. The summed E-state index contributed by atoms with van der Waals surface area (Å²) in [5, 5.41) is 337. The number of carboxylic acid groups (broad SMARTS) is 5. The number of aliphatic carboxylic acids is 5. The molecule has 11 saturated heterocycles. The van der Waals surface area contributed by atoms with Crippen LogP contribution in [0.3, 0.4) is 0 Å². The Hall–Kier alpha value is -7.63. The van der Waals surface area contributed by atoms with Crippen LogP contribution >= 0.6 is 0 Å². The quantitative estimate of drug-likeness (QED) is 0.0275. The predicted molar refractivity (Wildman–Crippen MR) is 435 cm³/mol. The lowest BCUT2D eigenvalue weighted by molar-refractivity contribution is -0.382. The molecule has 55 atom stereocenters. The molecule has 6 amide bonds. The van der Waals surface area contributed by atoms with Crippen molar-refractivity contribution in [3.8, 4) is 0 Å². The first-order valence-corrected chi connectivity index (χ1v) is 44.6. The van der Waals surface area contributed by atoms with E-state index in [1.807, 2.05) is 0 Å². The molecule has 0 unspecified atom stereocenters. The van der Waals surface area contributed by atoms with Crippen molar-refractivity contribution in [3.63, 3.8) is 0 Å². The Bertz CT molecular complexity index is 4320. The summed E-state index contributed by atoms with van der Waals surface area (Å²) in [6.45, 7) is -2.09. The van der Waals surface area contributed by atoms with E-state index < -0.39 is 442 Å². The molecular formula is C78H120N6O61. The summed E-state index contributed by atoms with van der Waals surface area (Å²) in [5.41, 5.74) is 0. The maximum absolute atomic E-state index is 13.5. The molecule has 0 aromatic rings. The van der Waals surface area contributed by atoms with E-state index in [0.717, 1.165) is 41.5 Å². The van der Waals surface area contributed by atoms with Gasteiger partial charge in [0.25, 0.3) is 0 Å². The number of hydrogen-bond donors (Lipinski definition) is 35. The smallest absolute Gasteiger partial charge is 0.335 e. The highest BCUT2D eigenvalue weighted by Gasteiger charge is 2.65. The minimum atomic E-state index is -2.77. The van der Waals surface area contributed by atoms with E-state index in [0.29, 0.717) is 0 Å². The van der Waals surface area contributed by atoms with Crippen molar-refractivity contribution in [3.05, 3.63) is 0 Å². The molecule has 828 valence electrons. The van der Waals surface area contributed by atoms with E-state index >= 15 is 0 Å². The van der Waals surface area contributed by atoms with Crippen molar-refractivity contribution >= 4 is 65.3 Å². The van der Waals surface area contributed by atoms with Crippen LogP contribution in [0.1, 0.15) is 41.5 Å². The minimum absolute atomic E-state index is 0.785. The van der Waals surface area contributed by atoms with Gasteiger partial charge in [0, 0.05) is 41.5 Å². The van der Waals surface area contributed by atoms with Gasteiger partial charge in [-0.05, 0) is 0 Å². The second-order valence-corrected chi connectivity index (χ2v) is 35.4. The van der Waals surface area contributed by atoms with Gasteiger partial charge in [-0.2, -0.15) is 0 Å². The molecule has 0 saturated carbocycles. The number of rotatable bonds is 37. The highest BCUT2D eigenvalue weighted by molar-refractivity contribution is 5.78. The molecule has 0 bridgehead atoms. The van der Waals surface area contributed by atoms with Crippen LogP contribution in [0.25, 0.3) is 0 Å². The second-order valence-electron chi connectivity index (χ2n) is 35.4. The van der Waals surface area contributed by atoms with Gasteiger partial charge in [-0.15, -0.1) is 0 Å². The Labute approximate surface area is 813 Å². The van der Waals surface area contributed by atoms with Crippen LogP contribution in [0.5, 0.6) is 0 Å².